The van der Waals surface area contributed by atoms with Crippen LogP contribution in [-0.4, -0.2) is 51.8 Å². The van der Waals surface area contributed by atoms with E-state index in [9.17, 15) is 0 Å². The predicted octanol–water partition coefficient (Wildman–Crippen LogP) is 7.10. The number of para-hydroxylation sites is 2. The van der Waals surface area contributed by atoms with Crippen molar-refractivity contribution in [3.8, 4) is 11.5 Å². The van der Waals surface area contributed by atoms with Crippen LogP contribution in [-0.2, 0) is 6.54 Å². The molecule has 0 aliphatic heterocycles. The second-order valence-corrected chi connectivity index (χ2v) is 8.78. The zero-order valence-corrected chi connectivity index (χ0v) is 23.9. The third-order valence-corrected chi connectivity index (χ3v) is 6.75. The van der Waals surface area contributed by atoms with Crippen LogP contribution in [0.3, 0.4) is 0 Å². The van der Waals surface area contributed by atoms with Gasteiger partial charge in [0, 0.05) is 39.1 Å². The molecule has 0 atom stereocenters. The topological polar surface area (TPSA) is 37.2 Å². The lowest BCUT2D eigenvalue weighted by Crippen LogP contribution is -2.33. The highest BCUT2D eigenvalue weighted by Gasteiger charge is 2.19. The SMILES string of the molecule is CCN(CCN(C)c1ccnc(-c2nc3ccccc3n2SC)c1Cl)Cc1ccccc1.Cl.Cl.Cl. The molecule has 10 heteroatoms. The van der Waals surface area contributed by atoms with Gasteiger partial charge in [0.15, 0.2) is 5.82 Å². The first kappa shape index (κ1) is 31.4. The maximum atomic E-state index is 6.89. The Hall–Kier alpha value is -1.67. The van der Waals surface area contributed by atoms with E-state index in [1.165, 1.54) is 5.56 Å². The van der Waals surface area contributed by atoms with Crippen LogP contribution in [0.4, 0.5) is 5.69 Å². The standard InChI is InChI=1S/C25H28ClN5S.3ClH/c1-4-30(18-19-10-6-5-7-11-19)17-16-29(2)22-14-15-27-24(23(22)26)25-28-20-12-8-9-13-21(20)31(25)32-3;;;/h5-15H,4,16-18H2,1-3H3;3*1H. The lowest BCUT2D eigenvalue weighted by Gasteiger charge is -2.26. The Morgan fingerprint density at radius 3 is 2.31 bits per heavy atom. The Morgan fingerprint density at radius 1 is 0.943 bits per heavy atom. The fourth-order valence-electron chi connectivity index (χ4n) is 3.82. The van der Waals surface area contributed by atoms with Gasteiger partial charge in [-0.25, -0.2) is 4.98 Å². The summed E-state index contributed by atoms with van der Waals surface area (Å²) in [5.74, 6) is 0.776. The number of anilines is 1. The van der Waals surface area contributed by atoms with Crippen LogP contribution in [0.5, 0.6) is 0 Å². The van der Waals surface area contributed by atoms with Crippen LogP contribution < -0.4 is 4.90 Å². The van der Waals surface area contributed by atoms with E-state index in [1.807, 2.05) is 36.7 Å². The molecular weight excluding hydrogens is 544 g/mol. The Balaban J connectivity index is 0.00000204. The monoisotopic (exact) mass is 573 g/mol. The van der Waals surface area contributed by atoms with Crippen molar-refractivity contribution in [2.24, 2.45) is 0 Å². The summed E-state index contributed by atoms with van der Waals surface area (Å²) < 4.78 is 2.09. The Labute approximate surface area is 235 Å². The Kier molecular flexibility index (Phi) is 13.2. The van der Waals surface area contributed by atoms with E-state index >= 15 is 0 Å². The minimum atomic E-state index is 0. The first-order valence-electron chi connectivity index (χ1n) is 10.8. The smallest absolute Gasteiger partial charge is 0.171 e. The van der Waals surface area contributed by atoms with Crippen molar-refractivity contribution in [3.05, 3.63) is 77.4 Å². The van der Waals surface area contributed by atoms with E-state index in [0.29, 0.717) is 10.7 Å². The summed E-state index contributed by atoms with van der Waals surface area (Å²) in [5, 5.41) is 0.631. The first-order valence-corrected chi connectivity index (χ1v) is 12.3. The average molecular weight is 575 g/mol. The van der Waals surface area contributed by atoms with Gasteiger partial charge in [0.05, 0.1) is 21.7 Å². The first-order chi connectivity index (χ1) is 15.6. The number of imidazole rings is 1. The average Bonchev–Trinajstić information content (AvgIpc) is 3.20. The molecule has 0 radical (unpaired) electrons. The van der Waals surface area contributed by atoms with Crippen LogP contribution in [0.1, 0.15) is 12.5 Å². The van der Waals surface area contributed by atoms with E-state index < -0.39 is 0 Å². The Bertz CT molecular complexity index is 1190. The molecule has 5 nitrogen and oxygen atoms in total. The van der Waals surface area contributed by atoms with Gasteiger partial charge in [-0.1, -0.05) is 61.0 Å². The molecule has 0 fully saturated rings. The van der Waals surface area contributed by atoms with E-state index in [-0.39, 0.29) is 37.2 Å². The van der Waals surface area contributed by atoms with Crippen LogP contribution >= 0.6 is 60.8 Å². The molecule has 0 saturated heterocycles. The largest absolute Gasteiger partial charge is 0.372 e. The van der Waals surface area contributed by atoms with Crippen molar-refractivity contribution < 1.29 is 0 Å². The number of benzene rings is 2. The van der Waals surface area contributed by atoms with Crippen LogP contribution in [0.15, 0.2) is 66.9 Å². The molecule has 0 aliphatic carbocycles. The predicted molar refractivity (Wildman–Crippen MR) is 159 cm³/mol. The fraction of sp³-hybridized carbons (Fsp3) is 0.280. The molecule has 190 valence electrons. The second kappa shape index (κ2) is 14.8. The molecular formula is C25H31Cl4N5S. The van der Waals surface area contributed by atoms with E-state index in [0.717, 1.165) is 48.7 Å². The molecule has 2 aromatic heterocycles. The van der Waals surface area contributed by atoms with Crippen molar-refractivity contribution in [1.29, 1.82) is 0 Å². The molecule has 0 unspecified atom stereocenters. The molecule has 4 aromatic rings. The highest BCUT2D eigenvalue weighted by molar-refractivity contribution is 7.97. The number of pyridine rings is 1. The van der Waals surface area contributed by atoms with Crippen LogP contribution in [0.2, 0.25) is 5.02 Å². The molecule has 0 saturated carbocycles. The Morgan fingerprint density at radius 2 is 1.63 bits per heavy atom. The maximum Gasteiger partial charge on any atom is 0.171 e. The van der Waals surface area contributed by atoms with Gasteiger partial charge in [-0.15, -0.1) is 37.2 Å². The van der Waals surface area contributed by atoms with Crippen molar-refractivity contribution >= 4 is 77.5 Å². The minimum Gasteiger partial charge on any atom is -0.372 e. The van der Waals surface area contributed by atoms with Crippen LogP contribution in [0, 0.1) is 0 Å². The molecule has 0 N–H and O–H groups in total. The third kappa shape index (κ3) is 7.19. The molecule has 2 heterocycles. The fourth-order valence-corrected chi connectivity index (χ4v) is 4.82. The number of rotatable bonds is 9. The van der Waals surface area contributed by atoms with E-state index in [1.54, 1.807) is 11.9 Å². The highest BCUT2D eigenvalue weighted by atomic mass is 35.5. The second-order valence-electron chi connectivity index (χ2n) is 7.67. The van der Waals surface area contributed by atoms with Crippen molar-refractivity contribution in [1.82, 2.24) is 18.8 Å². The van der Waals surface area contributed by atoms with Crippen molar-refractivity contribution in [2.45, 2.75) is 13.5 Å². The zero-order chi connectivity index (χ0) is 22.5. The van der Waals surface area contributed by atoms with Gasteiger partial charge in [0.25, 0.3) is 0 Å². The number of fused-ring (bicyclic) bond motifs is 1. The van der Waals surface area contributed by atoms with Gasteiger partial charge in [0.1, 0.15) is 5.69 Å². The van der Waals surface area contributed by atoms with Gasteiger partial charge in [-0.3, -0.25) is 13.9 Å². The molecule has 0 bridgehead atoms. The van der Waals surface area contributed by atoms with Crippen molar-refractivity contribution in [3.63, 3.8) is 0 Å². The summed E-state index contributed by atoms with van der Waals surface area (Å²) in [6, 6.07) is 20.7. The molecule has 0 amide bonds. The quantitative estimate of drug-likeness (QED) is 0.213. The number of halogens is 4. The van der Waals surface area contributed by atoms with E-state index in [4.69, 9.17) is 16.6 Å². The van der Waals surface area contributed by atoms with Gasteiger partial charge in [0.2, 0.25) is 0 Å². The molecule has 4 rings (SSSR count). The van der Waals surface area contributed by atoms with Gasteiger partial charge < -0.3 is 4.90 Å². The molecule has 2 aromatic carbocycles. The summed E-state index contributed by atoms with van der Waals surface area (Å²) >= 11 is 8.50. The summed E-state index contributed by atoms with van der Waals surface area (Å²) in [6.07, 6.45) is 3.85. The summed E-state index contributed by atoms with van der Waals surface area (Å²) in [7, 11) is 2.08. The van der Waals surface area contributed by atoms with E-state index in [2.05, 4.69) is 69.1 Å². The number of aromatic nitrogens is 3. The highest BCUT2D eigenvalue weighted by Crippen LogP contribution is 2.36. The van der Waals surface area contributed by atoms with Crippen LogP contribution in [0.25, 0.3) is 22.6 Å². The zero-order valence-electron chi connectivity index (χ0n) is 19.9. The number of nitrogens with zero attached hydrogens (tertiary/aromatic N) is 5. The van der Waals surface area contributed by atoms with Gasteiger partial charge >= 0.3 is 0 Å². The third-order valence-electron chi connectivity index (χ3n) is 5.64. The normalized spacial score (nSPS) is 10.4. The molecule has 0 aliphatic rings. The number of hydrogen-bond acceptors (Lipinski definition) is 5. The minimum absolute atomic E-state index is 0. The van der Waals surface area contributed by atoms with Gasteiger partial charge in [-0.05, 0) is 42.3 Å². The van der Waals surface area contributed by atoms with Crippen molar-refractivity contribution in [2.75, 3.05) is 37.8 Å². The lowest BCUT2D eigenvalue weighted by atomic mass is 10.2. The molecule has 0 spiro atoms. The summed E-state index contributed by atoms with van der Waals surface area (Å²) in [5.41, 5.74) is 5.00. The number of hydrogen-bond donors (Lipinski definition) is 0. The maximum absolute atomic E-state index is 6.89. The lowest BCUT2D eigenvalue weighted by molar-refractivity contribution is 0.287. The summed E-state index contributed by atoms with van der Waals surface area (Å²) in [6.45, 7) is 5.95. The van der Waals surface area contributed by atoms with Gasteiger partial charge in [-0.2, -0.15) is 0 Å². The number of likely N-dealkylation sites (N-methyl/N-ethyl adjacent to an activating group) is 2. The summed E-state index contributed by atoms with van der Waals surface area (Å²) in [4.78, 5) is 14.1. The molecule has 35 heavy (non-hydrogen) atoms.